The van der Waals surface area contributed by atoms with Crippen molar-refractivity contribution in [2.24, 2.45) is 5.73 Å². The molecule has 1 rings (SSSR count). The molecule has 124 valence electrons. The van der Waals surface area contributed by atoms with E-state index in [4.69, 9.17) is 10.5 Å². The van der Waals surface area contributed by atoms with Crippen LogP contribution in [0.15, 0.2) is 24.3 Å². The highest BCUT2D eigenvalue weighted by Gasteiger charge is 2.07. The van der Waals surface area contributed by atoms with Gasteiger partial charge in [0, 0.05) is 13.0 Å². The van der Waals surface area contributed by atoms with E-state index >= 15 is 0 Å². The van der Waals surface area contributed by atoms with Gasteiger partial charge >= 0.3 is 5.97 Å². The van der Waals surface area contributed by atoms with Crippen LogP contribution < -0.4 is 10.5 Å². The van der Waals surface area contributed by atoms with Gasteiger partial charge < -0.3 is 15.6 Å². The zero-order valence-corrected chi connectivity index (χ0v) is 13.6. The quantitative estimate of drug-likeness (QED) is 0.371. The molecule has 0 radical (unpaired) electrons. The normalized spacial score (nSPS) is 12.1. The summed E-state index contributed by atoms with van der Waals surface area (Å²) in [5.41, 5.74) is 6.12. The van der Waals surface area contributed by atoms with Crippen LogP contribution in [0.5, 0.6) is 5.75 Å². The van der Waals surface area contributed by atoms with Crippen LogP contribution in [-0.2, 0) is 4.79 Å². The Morgan fingerprint density at radius 1 is 1.09 bits per heavy atom. The lowest BCUT2D eigenvalue weighted by atomic mass is 10.1. The van der Waals surface area contributed by atoms with E-state index in [1.165, 1.54) is 32.1 Å². The van der Waals surface area contributed by atoms with E-state index in [1.807, 2.05) is 0 Å². The fourth-order valence-corrected chi connectivity index (χ4v) is 2.30. The van der Waals surface area contributed by atoms with E-state index in [1.54, 1.807) is 24.3 Å². The second kappa shape index (κ2) is 11.2. The predicted octanol–water partition coefficient (Wildman–Crippen LogP) is 3.72. The Kier molecular flexibility index (Phi) is 9.51. The Bertz CT molecular complexity index is 417. The number of esters is 1. The fraction of sp³-hybridized carbons (Fsp3) is 0.611. The molecule has 0 bridgehead atoms. The lowest BCUT2D eigenvalue weighted by Crippen LogP contribution is -2.11. The van der Waals surface area contributed by atoms with Crippen LogP contribution in [-0.4, -0.2) is 17.6 Å². The largest absolute Gasteiger partial charge is 0.427 e. The van der Waals surface area contributed by atoms with Crippen molar-refractivity contribution in [3.63, 3.8) is 0 Å². The third-order valence-corrected chi connectivity index (χ3v) is 3.70. The summed E-state index contributed by atoms with van der Waals surface area (Å²) in [5.74, 6) is 0.321. The van der Waals surface area contributed by atoms with Gasteiger partial charge in [0.25, 0.3) is 0 Å². The minimum atomic E-state index is -0.669. The van der Waals surface area contributed by atoms with Gasteiger partial charge in [0.05, 0.1) is 6.10 Å². The fourth-order valence-electron chi connectivity index (χ4n) is 2.30. The molecule has 0 fully saturated rings. The number of unbranched alkanes of at least 4 members (excludes halogenated alkanes) is 6. The molecule has 22 heavy (non-hydrogen) atoms. The number of carbonyl (C=O) groups is 1. The minimum absolute atomic E-state index is 0.178. The summed E-state index contributed by atoms with van der Waals surface area (Å²) in [4.78, 5) is 11.7. The summed E-state index contributed by atoms with van der Waals surface area (Å²) in [6, 6.07) is 6.84. The molecule has 0 saturated heterocycles. The molecule has 0 amide bonds. The molecule has 1 aromatic rings. The SMILES string of the molecule is CCCCCCCCCC(=O)Oc1ccc(C(O)CN)cc1. The highest BCUT2D eigenvalue weighted by Crippen LogP contribution is 2.18. The van der Waals surface area contributed by atoms with Gasteiger partial charge in [-0.05, 0) is 24.1 Å². The molecule has 0 aliphatic heterocycles. The Morgan fingerprint density at radius 2 is 1.68 bits per heavy atom. The van der Waals surface area contributed by atoms with Gasteiger partial charge in [-0.2, -0.15) is 0 Å². The van der Waals surface area contributed by atoms with Crippen molar-refractivity contribution in [2.45, 2.75) is 64.4 Å². The van der Waals surface area contributed by atoms with E-state index in [2.05, 4.69) is 6.92 Å². The van der Waals surface area contributed by atoms with Gasteiger partial charge in [0.1, 0.15) is 5.75 Å². The van der Waals surface area contributed by atoms with Gasteiger partial charge in [-0.1, -0.05) is 57.6 Å². The number of nitrogens with two attached hydrogens (primary N) is 1. The van der Waals surface area contributed by atoms with E-state index < -0.39 is 6.10 Å². The monoisotopic (exact) mass is 307 g/mol. The van der Waals surface area contributed by atoms with E-state index in [0.29, 0.717) is 12.2 Å². The van der Waals surface area contributed by atoms with Gasteiger partial charge in [0.2, 0.25) is 0 Å². The Morgan fingerprint density at radius 3 is 2.27 bits per heavy atom. The first-order valence-electron chi connectivity index (χ1n) is 8.36. The highest BCUT2D eigenvalue weighted by molar-refractivity contribution is 5.72. The van der Waals surface area contributed by atoms with Crippen molar-refractivity contribution < 1.29 is 14.6 Å². The molecule has 0 aliphatic rings. The zero-order chi connectivity index (χ0) is 16.2. The number of aliphatic hydroxyl groups excluding tert-OH is 1. The summed E-state index contributed by atoms with van der Waals surface area (Å²) in [6.45, 7) is 2.39. The predicted molar refractivity (Wildman–Crippen MR) is 88.7 cm³/mol. The summed E-state index contributed by atoms with van der Waals surface area (Å²) >= 11 is 0. The number of hydrogen-bond donors (Lipinski definition) is 2. The van der Waals surface area contributed by atoms with Gasteiger partial charge in [-0.25, -0.2) is 0 Å². The summed E-state index contributed by atoms with van der Waals surface area (Å²) in [6.07, 6.45) is 8.06. The van der Waals surface area contributed by atoms with Crippen molar-refractivity contribution in [1.82, 2.24) is 0 Å². The maximum Gasteiger partial charge on any atom is 0.311 e. The number of aliphatic hydroxyl groups is 1. The summed E-state index contributed by atoms with van der Waals surface area (Å²) in [5, 5.41) is 9.59. The van der Waals surface area contributed by atoms with Crippen LogP contribution in [0.4, 0.5) is 0 Å². The maximum absolute atomic E-state index is 11.7. The van der Waals surface area contributed by atoms with Crippen LogP contribution in [0.2, 0.25) is 0 Å². The smallest absolute Gasteiger partial charge is 0.311 e. The van der Waals surface area contributed by atoms with E-state index in [0.717, 1.165) is 18.4 Å². The van der Waals surface area contributed by atoms with Crippen LogP contribution in [0.25, 0.3) is 0 Å². The Balaban J connectivity index is 2.19. The molecule has 0 spiro atoms. The van der Waals surface area contributed by atoms with Crippen LogP contribution in [0, 0.1) is 0 Å². The molecule has 3 N–H and O–H groups in total. The number of rotatable bonds is 11. The molecular weight excluding hydrogens is 278 g/mol. The topological polar surface area (TPSA) is 72.5 Å². The molecule has 4 heteroatoms. The average Bonchev–Trinajstić information content (AvgIpc) is 2.54. The summed E-state index contributed by atoms with van der Waals surface area (Å²) < 4.78 is 5.28. The molecule has 0 aliphatic carbocycles. The van der Waals surface area contributed by atoms with Crippen LogP contribution >= 0.6 is 0 Å². The van der Waals surface area contributed by atoms with Crippen molar-refractivity contribution in [3.8, 4) is 5.75 Å². The van der Waals surface area contributed by atoms with Gasteiger partial charge in [-0.15, -0.1) is 0 Å². The molecule has 4 nitrogen and oxygen atoms in total. The second-order valence-electron chi connectivity index (χ2n) is 5.67. The number of ether oxygens (including phenoxy) is 1. The van der Waals surface area contributed by atoms with Crippen LogP contribution in [0.1, 0.15) is 70.0 Å². The van der Waals surface area contributed by atoms with E-state index in [-0.39, 0.29) is 12.5 Å². The van der Waals surface area contributed by atoms with Crippen molar-refractivity contribution >= 4 is 5.97 Å². The third kappa shape index (κ3) is 7.57. The molecule has 0 aromatic heterocycles. The molecule has 1 aromatic carbocycles. The number of carbonyl (C=O) groups excluding carboxylic acids is 1. The maximum atomic E-state index is 11.7. The van der Waals surface area contributed by atoms with Crippen molar-refractivity contribution in [2.75, 3.05) is 6.54 Å². The Hall–Kier alpha value is -1.39. The zero-order valence-electron chi connectivity index (χ0n) is 13.6. The molecule has 0 saturated carbocycles. The first-order chi connectivity index (χ1) is 10.7. The first kappa shape index (κ1) is 18.7. The highest BCUT2D eigenvalue weighted by atomic mass is 16.5. The standard InChI is InChI=1S/C18H29NO3/c1-2-3-4-5-6-7-8-9-18(21)22-16-12-10-15(11-13-16)17(20)14-19/h10-13,17,20H,2-9,14,19H2,1H3. The number of benzene rings is 1. The number of hydrogen-bond acceptors (Lipinski definition) is 4. The molecule has 1 atom stereocenters. The van der Waals surface area contributed by atoms with Crippen molar-refractivity contribution in [3.05, 3.63) is 29.8 Å². The molecular formula is C18H29NO3. The molecule has 0 heterocycles. The third-order valence-electron chi connectivity index (χ3n) is 3.70. The van der Waals surface area contributed by atoms with E-state index in [9.17, 15) is 9.90 Å². The van der Waals surface area contributed by atoms with Gasteiger partial charge in [0.15, 0.2) is 0 Å². The van der Waals surface area contributed by atoms with Crippen molar-refractivity contribution in [1.29, 1.82) is 0 Å². The lowest BCUT2D eigenvalue weighted by Gasteiger charge is -2.09. The van der Waals surface area contributed by atoms with Gasteiger partial charge in [-0.3, -0.25) is 4.79 Å². The average molecular weight is 307 g/mol. The summed E-state index contributed by atoms with van der Waals surface area (Å²) in [7, 11) is 0. The lowest BCUT2D eigenvalue weighted by molar-refractivity contribution is -0.134. The minimum Gasteiger partial charge on any atom is -0.427 e. The second-order valence-corrected chi connectivity index (χ2v) is 5.67. The first-order valence-corrected chi connectivity index (χ1v) is 8.36. The van der Waals surface area contributed by atoms with Crippen LogP contribution in [0.3, 0.4) is 0 Å². The molecule has 1 unspecified atom stereocenters. The Labute approximate surface area is 133 Å².